The molecular weight excluding hydrogens is 318 g/mol. The van der Waals surface area contributed by atoms with Crippen LogP contribution in [0.2, 0.25) is 0 Å². The molecule has 0 spiro atoms. The third-order valence-electron chi connectivity index (χ3n) is 3.95. The van der Waals surface area contributed by atoms with Crippen LogP contribution in [0.3, 0.4) is 0 Å². The molecule has 2 aromatic carbocycles. The van der Waals surface area contributed by atoms with Crippen LogP contribution < -0.4 is 15.5 Å². The predicted octanol–water partition coefficient (Wildman–Crippen LogP) is 2.65. The Morgan fingerprint density at radius 2 is 1.84 bits per heavy atom. The van der Waals surface area contributed by atoms with Crippen molar-refractivity contribution in [2.24, 2.45) is 5.92 Å². The highest BCUT2D eigenvalue weighted by molar-refractivity contribution is 6.02. The Balaban J connectivity index is 1.71. The maximum atomic E-state index is 12.8. The Bertz CT molecular complexity index is 762. The topological polar surface area (TPSA) is 70.7 Å². The third kappa shape index (κ3) is 3.74. The number of para-hydroxylation sites is 2. The second-order valence-corrected chi connectivity index (χ2v) is 6.19. The number of hydrogen-bond acceptors (Lipinski definition) is 4. The van der Waals surface area contributed by atoms with Crippen molar-refractivity contribution in [3.63, 3.8) is 0 Å². The molecule has 1 unspecified atom stereocenters. The molecule has 0 bridgehead atoms. The van der Waals surface area contributed by atoms with Gasteiger partial charge in [-0.3, -0.25) is 15.0 Å². The standard InChI is InChI=1S/C19H21N3O3/c1-13(2)18-20-16-11-7-6-10-15(16)19(24)22(18)21-17(23)12-25-14-8-4-3-5-9-14/h3-11,13,18,20H,12H2,1-2H3,(H,21,23). The van der Waals surface area contributed by atoms with Crippen molar-refractivity contribution in [2.45, 2.75) is 20.0 Å². The molecule has 130 valence electrons. The fourth-order valence-corrected chi connectivity index (χ4v) is 2.69. The molecule has 6 nitrogen and oxygen atoms in total. The number of hydrogen-bond donors (Lipinski definition) is 2. The lowest BCUT2D eigenvalue weighted by atomic mass is 10.0. The Kier molecular flexibility index (Phi) is 4.88. The molecule has 1 heterocycles. The Morgan fingerprint density at radius 3 is 2.56 bits per heavy atom. The van der Waals surface area contributed by atoms with Gasteiger partial charge in [-0.1, -0.05) is 44.2 Å². The van der Waals surface area contributed by atoms with Gasteiger partial charge in [-0.15, -0.1) is 0 Å². The zero-order valence-corrected chi connectivity index (χ0v) is 14.2. The van der Waals surface area contributed by atoms with Gasteiger partial charge in [0.2, 0.25) is 0 Å². The van der Waals surface area contributed by atoms with Crippen LogP contribution in [0.5, 0.6) is 5.75 Å². The predicted molar refractivity (Wildman–Crippen MR) is 94.9 cm³/mol. The number of ether oxygens (including phenoxy) is 1. The van der Waals surface area contributed by atoms with Crippen molar-refractivity contribution < 1.29 is 14.3 Å². The van der Waals surface area contributed by atoms with Crippen LogP contribution in [-0.2, 0) is 4.79 Å². The zero-order chi connectivity index (χ0) is 17.8. The molecule has 0 saturated carbocycles. The molecule has 0 aliphatic carbocycles. The highest BCUT2D eigenvalue weighted by Crippen LogP contribution is 2.26. The number of carbonyl (C=O) groups is 2. The van der Waals surface area contributed by atoms with E-state index < -0.39 is 0 Å². The second-order valence-electron chi connectivity index (χ2n) is 6.19. The van der Waals surface area contributed by atoms with E-state index in [1.165, 1.54) is 5.01 Å². The molecular formula is C19H21N3O3. The Morgan fingerprint density at radius 1 is 1.16 bits per heavy atom. The van der Waals surface area contributed by atoms with E-state index in [4.69, 9.17) is 4.74 Å². The van der Waals surface area contributed by atoms with Crippen molar-refractivity contribution in [3.8, 4) is 5.75 Å². The summed E-state index contributed by atoms with van der Waals surface area (Å²) in [5.41, 5.74) is 3.97. The Hall–Kier alpha value is -3.02. The number of nitrogens with one attached hydrogen (secondary N) is 2. The lowest BCUT2D eigenvalue weighted by Crippen LogP contribution is -2.59. The quantitative estimate of drug-likeness (QED) is 0.878. The van der Waals surface area contributed by atoms with Crippen molar-refractivity contribution in [1.82, 2.24) is 10.4 Å². The van der Waals surface area contributed by atoms with Gasteiger partial charge in [-0.25, -0.2) is 5.01 Å². The van der Waals surface area contributed by atoms with Gasteiger partial charge in [-0.05, 0) is 30.2 Å². The normalized spacial score (nSPS) is 16.2. The van der Waals surface area contributed by atoms with Gasteiger partial charge in [0.25, 0.3) is 11.8 Å². The number of fused-ring (bicyclic) bond motifs is 1. The summed E-state index contributed by atoms with van der Waals surface area (Å²) < 4.78 is 5.44. The van der Waals surface area contributed by atoms with E-state index in [0.29, 0.717) is 11.3 Å². The minimum absolute atomic E-state index is 0.104. The summed E-state index contributed by atoms with van der Waals surface area (Å²) in [4.78, 5) is 25.0. The monoisotopic (exact) mass is 339 g/mol. The van der Waals surface area contributed by atoms with E-state index in [2.05, 4.69) is 10.7 Å². The average molecular weight is 339 g/mol. The van der Waals surface area contributed by atoms with Gasteiger partial charge in [0.15, 0.2) is 6.61 Å². The van der Waals surface area contributed by atoms with Crippen LogP contribution in [0.1, 0.15) is 24.2 Å². The number of nitrogens with zero attached hydrogens (tertiary/aromatic N) is 1. The number of rotatable bonds is 5. The smallest absolute Gasteiger partial charge is 0.276 e. The van der Waals surface area contributed by atoms with E-state index in [9.17, 15) is 9.59 Å². The van der Waals surface area contributed by atoms with Crippen molar-refractivity contribution in [1.29, 1.82) is 0 Å². The summed E-state index contributed by atoms with van der Waals surface area (Å²) in [6.45, 7) is 3.80. The molecule has 0 fully saturated rings. The first kappa shape index (κ1) is 16.8. The summed E-state index contributed by atoms with van der Waals surface area (Å²) in [6.07, 6.45) is -0.330. The van der Waals surface area contributed by atoms with Crippen molar-refractivity contribution >= 4 is 17.5 Å². The average Bonchev–Trinajstić information content (AvgIpc) is 2.63. The van der Waals surface area contributed by atoms with Crippen LogP contribution in [0, 0.1) is 5.92 Å². The van der Waals surface area contributed by atoms with E-state index in [1.807, 2.05) is 44.2 Å². The molecule has 0 radical (unpaired) electrons. The van der Waals surface area contributed by atoms with E-state index >= 15 is 0 Å². The van der Waals surface area contributed by atoms with Crippen LogP contribution in [0.4, 0.5) is 5.69 Å². The lowest BCUT2D eigenvalue weighted by molar-refractivity contribution is -0.128. The van der Waals surface area contributed by atoms with Gasteiger partial charge in [0, 0.05) is 5.69 Å². The molecule has 2 aromatic rings. The fourth-order valence-electron chi connectivity index (χ4n) is 2.69. The lowest BCUT2D eigenvalue weighted by Gasteiger charge is -2.39. The summed E-state index contributed by atoms with van der Waals surface area (Å²) in [6, 6.07) is 16.3. The van der Waals surface area contributed by atoms with Crippen LogP contribution in [0.25, 0.3) is 0 Å². The number of carbonyl (C=O) groups excluding carboxylic acids is 2. The SMILES string of the molecule is CC(C)C1Nc2ccccc2C(=O)N1NC(=O)COc1ccccc1. The summed E-state index contributed by atoms with van der Waals surface area (Å²) >= 11 is 0. The number of anilines is 1. The van der Waals surface area contributed by atoms with Crippen LogP contribution >= 0.6 is 0 Å². The molecule has 1 atom stereocenters. The first-order valence-corrected chi connectivity index (χ1v) is 8.22. The van der Waals surface area contributed by atoms with Crippen LogP contribution in [-0.4, -0.2) is 29.6 Å². The summed E-state index contributed by atoms with van der Waals surface area (Å²) in [7, 11) is 0. The number of hydrazine groups is 1. The first-order valence-electron chi connectivity index (χ1n) is 8.22. The van der Waals surface area contributed by atoms with Gasteiger partial charge < -0.3 is 10.1 Å². The van der Waals surface area contributed by atoms with E-state index in [1.54, 1.807) is 24.3 Å². The van der Waals surface area contributed by atoms with Crippen LogP contribution in [0.15, 0.2) is 54.6 Å². The fraction of sp³-hybridized carbons (Fsp3) is 0.263. The van der Waals surface area contributed by atoms with Crippen molar-refractivity contribution in [3.05, 3.63) is 60.2 Å². The minimum atomic E-state index is -0.385. The number of benzene rings is 2. The molecule has 25 heavy (non-hydrogen) atoms. The molecule has 1 aliphatic heterocycles. The highest BCUT2D eigenvalue weighted by Gasteiger charge is 2.34. The van der Waals surface area contributed by atoms with E-state index in [-0.39, 0.29) is 30.5 Å². The van der Waals surface area contributed by atoms with Crippen molar-refractivity contribution in [2.75, 3.05) is 11.9 Å². The van der Waals surface area contributed by atoms with E-state index in [0.717, 1.165) is 5.69 Å². The largest absolute Gasteiger partial charge is 0.484 e. The molecule has 2 amide bonds. The van der Waals surface area contributed by atoms with Gasteiger partial charge in [0.05, 0.1) is 5.56 Å². The molecule has 3 rings (SSSR count). The summed E-state index contributed by atoms with van der Waals surface area (Å²) in [5, 5.41) is 4.66. The Labute approximate surface area is 146 Å². The van der Waals surface area contributed by atoms with Gasteiger partial charge in [0.1, 0.15) is 11.9 Å². The maximum absolute atomic E-state index is 12.8. The second kappa shape index (κ2) is 7.25. The molecule has 2 N–H and O–H groups in total. The minimum Gasteiger partial charge on any atom is -0.484 e. The highest BCUT2D eigenvalue weighted by atomic mass is 16.5. The maximum Gasteiger partial charge on any atom is 0.276 e. The molecule has 0 saturated heterocycles. The third-order valence-corrected chi connectivity index (χ3v) is 3.95. The first-order chi connectivity index (χ1) is 12.1. The van der Waals surface area contributed by atoms with Gasteiger partial charge in [-0.2, -0.15) is 0 Å². The number of amides is 2. The zero-order valence-electron chi connectivity index (χ0n) is 14.2. The molecule has 6 heteroatoms. The van der Waals surface area contributed by atoms with Gasteiger partial charge >= 0.3 is 0 Å². The molecule has 1 aliphatic rings. The summed E-state index contributed by atoms with van der Waals surface area (Å²) in [5.74, 6) is 0.0873. The molecule has 0 aromatic heterocycles.